The van der Waals surface area contributed by atoms with Gasteiger partial charge in [0.25, 0.3) is 0 Å². The van der Waals surface area contributed by atoms with E-state index in [4.69, 9.17) is 0 Å². The van der Waals surface area contributed by atoms with Gasteiger partial charge in [-0.05, 0) is 53.9 Å². The molecule has 0 spiro atoms. The molecular weight excluding hydrogens is 236 g/mol. The van der Waals surface area contributed by atoms with E-state index in [1.54, 1.807) is 0 Å². The number of nitrogens with zero attached hydrogens (tertiary/aromatic N) is 4. The van der Waals surface area contributed by atoms with Gasteiger partial charge in [-0.2, -0.15) is 0 Å². The first-order valence-corrected chi connectivity index (χ1v) is 7.43. The molecule has 0 bridgehead atoms. The zero-order valence-corrected chi connectivity index (χ0v) is 13.7. The molecule has 0 aromatic rings. The highest BCUT2D eigenvalue weighted by molar-refractivity contribution is 5.40. The van der Waals surface area contributed by atoms with Gasteiger partial charge in [0, 0.05) is 12.1 Å². The zero-order valence-electron chi connectivity index (χ0n) is 13.7. The summed E-state index contributed by atoms with van der Waals surface area (Å²) in [5.41, 5.74) is 0. The maximum Gasteiger partial charge on any atom is 0.0892 e. The van der Waals surface area contributed by atoms with Crippen molar-refractivity contribution in [2.75, 3.05) is 41.3 Å². The first-order valence-electron chi connectivity index (χ1n) is 7.43. The van der Waals surface area contributed by atoms with Gasteiger partial charge in [0.05, 0.1) is 19.1 Å². The van der Waals surface area contributed by atoms with Crippen LogP contribution in [-0.2, 0) is 0 Å². The van der Waals surface area contributed by atoms with Crippen molar-refractivity contribution in [2.24, 2.45) is 9.98 Å². The smallest absolute Gasteiger partial charge is 0.0892 e. The maximum atomic E-state index is 4.25. The Labute approximate surface area is 119 Å². The van der Waals surface area contributed by atoms with Crippen LogP contribution in [0, 0.1) is 0 Å². The Morgan fingerprint density at radius 1 is 0.789 bits per heavy atom. The molecule has 4 nitrogen and oxygen atoms in total. The summed E-state index contributed by atoms with van der Waals surface area (Å²) >= 11 is 0. The molecule has 0 aromatic heterocycles. The first kappa shape index (κ1) is 18.3. The molecule has 0 N–H and O–H groups in total. The van der Waals surface area contributed by atoms with Crippen molar-refractivity contribution in [1.82, 2.24) is 9.80 Å². The lowest BCUT2D eigenvalue weighted by Gasteiger charge is -2.21. The van der Waals surface area contributed by atoms with E-state index in [9.17, 15) is 0 Å². The largest absolute Gasteiger partial charge is 0.306 e. The van der Waals surface area contributed by atoms with Gasteiger partial charge in [0.2, 0.25) is 0 Å². The molecule has 4 heteroatoms. The topological polar surface area (TPSA) is 31.2 Å². The molecule has 0 radical (unpaired) electrons. The van der Waals surface area contributed by atoms with Crippen LogP contribution in [0.5, 0.6) is 0 Å². The molecule has 0 aliphatic carbocycles. The Morgan fingerprint density at radius 2 is 1.16 bits per heavy atom. The minimum Gasteiger partial charge on any atom is -0.306 e. The monoisotopic (exact) mass is 268 g/mol. The second kappa shape index (κ2) is 11.2. The van der Waals surface area contributed by atoms with Crippen molar-refractivity contribution in [3.05, 3.63) is 0 Å². The molecule has 112 valence electrons. The summed E-state index contributed by atoms with van der Waals surface area (Å²) in [6.07, 6.45) is 4.50. The number of hydrogen-bond donors (Lipinski definition) is 0. The van der Waals surface area contributed by atoms with Crippen molar-refractivity contribution in [3.63, 3.8) is 0 Å². The van der Waals surface area contributed by atoms with Crippen molar-refractivity contribution < 1.29 is 0 Å². The van der Waals surface area contributed by atoms with E-state index in [-0.39, 0.29) is 0 Å². The molecular formula is C15H32N4. The molecule has 0 heterocycles. The predicted octanol–water partition coefficient (Wildman–Crippen LogP) is 2.62. The second-order valence-electron chi connectivity index (χ2n) is 5.49. The minimum absolute atomic E-state index is 0.615. The SMILES string of the molecule is CCC(CCN=C=NCCC(CC)N(C)C)N(C)C. The van der Waals surface area contributed by atoms with Crippen LogP contribution >= 0.6 is 0 Å². The normalized spacial score (nSPS) is 14.3. The van der Waals surface area contributed by atoms with Crippen LogP contribution in [0.15, 0.2) is 9.98 Å². The number of rotatable bonds is 10. The molecule has 2 atom stereocenters. The summed E-state index contributed by atoms with van der Waals surface area (Å²) in [6.45, 7) is 6.08. The van der Waals surface area contributed by atoms with Gasteiger partial charge in [-0.25, -0.2) is 9.98 Å². The van der Waals surface area contributed by atoms with Crippen molar-refractivity contribution >= 4 is 6.01 Å². The lowest BCUT2D eigenvalue weighted by atomic mass is 10.1. The molecule has 0 aromatic carbocycles. The standard InChI is InChI=1S/C15H32N4/c1-7-14(18(3)4)9-11-16-13-17-12-10-15(8-2)19(5)6/h14-15H,7-12H2,1-6H3. The van der Waals surface area contributed by atoms with Gasteiger partial charge in [-0.1, -0.05) is 13.8 Å². The van der Waals surface area contributed by atoms with Gasteiger partial charge >= 0.3 is 0 Å². The average Bonchev–Trinajstić information content (AvgIpc) is 2.36. The molecule has 0 rings (SSSR count). The number of hydrogen-bond acceptors (Lipinski definition) is 4. The molecule has 0 fully saturated rings. The lowest BCUT2D eigenvalue weighted by Crippen LogP contribution is -2.27. The third kappa shape index (κ3) is 8.93. The highest BCUT2D eigenvalue weighted by Gasteiger charge is 2.07. The highest BCUT2D eigenvalue weighted by atomic mass is 15.1. The van der Waals surface area contributed by atoms with E-state index in [0.717, 1.165) is 25.9 Å². The summed E-state index contributed by atoms with van der Waals surface area (Å²) in [5, 5.41) is 0. The van der Waals surface area contributed by atoms with Crippen LogP contribution in [0.3, 0.4) is 0 Å². The van der Waals surface area contributed by atoms with Gasteiger partial charge < -0.3 is 9.80 Å². The predicted molar refractivity (Wildman–Crippen MR) is 84.4 cm³/mol. The van der Waals surface area contributed by atoms with Crippen LogP contribution in [0.1, 0.15) is 39.5 Å². The Bertz CT molecular complexity index is 243. The quantitative estimate of drug-likeness (QED) is 0.570. The van der Waals surface area contributed by atoms with Gasteiger partial charge in [-0.3, -0.25) is 0 Å². The Kier molecular flexibility index (Phi) is 10.7. The van der Waals surface area contributed by atoms with Crippen molar-refractivity contribution in [1.29, 1.82) is 0 Å². The maximum absolute atomic E-state index is 4.25. The van der Waals surface area contributed by atoms with E-state index in [2.05, 4.69) is 67.8 Å². The average molecular weight is 268 g/mol. The number of aliphatic imine (C=N–C) groups is 2. The minimum atomic E-state index is 0.615. The molecule has 0 aliphatic rings. The molecule has 0 saturated heterocycles. The fourth-order valence-electron chi connectivity index (χ4n) is 2.23. The molecule has 19 heavy (non-hydrogen) atoms. The van der Waals surface area contributed by atoms with Crippen LogP contribution in [0.25, 0.3) is 0 Å². The molecule has 0 amide bonds. The van der Waals surface area contributed by atoms with E-state index in [1.165, 1.54) is 12.8 Å². The first-order chi connectivity index (χ1) is 9.02. The summed E-state index contributed by atoms with van der Waals surface area (Å²) in [6, 6.07) is 4.06. The van der Waals surface area contributed by atoms with E-state index >= 15 is 0 Å². The van der Waals surface area contributed by atoms with Crippen molar-refractivity contribution in [2.45, 2.75) is 51.6 Å². The van der Waals surface area contributed by atoms with E-state index in [1.807, 2.05) is 0 Å². The fourth-order valence-corrected chi connectivity index (χ4v) is 2.23. The van der Waals surface area contributed by atoms with Crippen LogP contribution in [0.4, 0.5) is 0 Å². The highest BCUT2D eigenvalue weighted by Crippen LogP contribution is 2.04. The summed E-state index contributed by atoms with van der Waals surface area (Å²) in [7, 11) is 8.49. The summed E-state index contributed by atoms with van der Waals surface area (Å²) < 4.78 is 0. The third-order valence-corrected chi connectivity index (χ3v) is 3.69. The molecule has 2 unspecified atom stereocenters. The summed E-state index contributed by atoms with van der Waals surface area (Å²) in [4.78, 5) is 13.0. The van der Waals surface area contributed by atoms with Crippen LogP contribution in [-0.4, -0.2) is 69.2 Å². The lowest BCUT2D eigenvalue weighted by molar-refractivity contribution is 0.274. The Morgan fingerprint density at radius 3 is 1.42 bits per heavy atom. The van der Waals surface area contributed by atoms with Crippen LogP contribution in [0.2, 0.25) is 0 Å². The van der Waals surface area contributed by atoms with E-state index in [0.29, 0.717) is 12.1 Å². The van der Waals surface area contributed by atoms with Gasteiger partial charge in [0.1, 0.15) is 0 Å². The van der Waals surface area contributed by atoms with Crippen molar-refractivity contribution in [3.8, 4) is 0 Å². The third-order valence-electron chi connectivity index (χ3n) is 3.69. The van der Waals surface area contributed by atoms with Gasteiger partial charge in [-0.15, -0.1) is 0 Å². The summed E-state index contributed by atoms with van der Waals surface area (Å²) in [5.74, 6) is 0. The molecule has 0 saturated carbocycles. The molecule has 0 aliphatic heterocycles. The zero-order chi connectivity index (χ0) is 14.7. The Balaban J connectivity index is 3.85. The fraction of sp³-hybridized carbons (Fsp3) is 0.933. The Hall–Kier alpha value is -0.700. The van der Waals surface area contributed by atoms with Crippen LogP contribution < -0.4 is 0 Å². The van der Waals surface area contributed by atoms with Gasteiger partial charge in [0.15, 0.2) is 0 Å². The van der Waals surface area contributed by atoms with E-state index < -0.39 is 0 Å². The second-order valence-corrected chi connectivity index (χ2v) is 5.49.